The third kappa shape index (κ3) is 6.39. The third-order valence-corrected chi connectivity index (χ3v) is 2.70. The van der Waals surface area contributed by atoms with Crippen LogP contribution < -0.4 is 5.32 Å². The van der Waals surface area contributed by atoms with E-state index in [1.54, 1.807) is 0 Å². The second-order valence-electron chi connectivity index (χ2n) is 5.11. The Balaban J connectivity index is 3.84. The minimum absolute atomic E-state index is 0.191. The van der Waals surface area contributed by atoms with Crippen LogP contribution in [-0.4, -0.2) is 23.8 Å². The maximum absolute atomic E-state index is 9.34. The summed E-state index contributed by atoms with van der Waals surface area (Å²) >= 11 is 0. The van der Waals surface area contributed by atoms with E-state index in [0.717, 1.165) is 13.0 Å². The summed E-state index contributed by atoms with van der Waals surface area (Å²) in [6.07, 6.45) is 3.02. The Morgan fingerprint density at radius 2 is 1.71 bits per heavy atom. The number of rotatable bonds is 7. The maximum atomic E-state index is 9.34. The molecule has 0 aliphatic heterocycles. The van der Waals surface area contributed by atoms with Gasteiger partial charge < -0.3 is 10.4 Å². The summed E-state index contributed by atoms with van der Waals surface area (Å²) < 4.78 is 0. The zero-order chi connectivity index (χ0) is 11.2. The predicted octanol–water partition coefficient (Wildman–Crippen LogP) is 2.56. The van der Waals surface area contributed by atoms with Gasteiger partial charge in [-0.1, -0.05) is 27.7 Å². The van der Waals surface area contributed by atoms with Crippen molar-refractivity contribution in [1.82, 2.24) is 5.32 Å². The fourth-order valence-corrected chi connectivity index (χ4v) is 1.87. The van der Waals surface area contributed by atoms with Crippen molar-refractivity contribution in [2.75, 3.05) is 6.54 Å². The molecule has 1 atom stereocenters. The van der Waals surface area contributed by atoms with E-state index in [9.17, 15) is 5.11 Å². The van der Waals surface area contributed by atoms with Gasteiger partial charge in [0.15, 0.2) is 0 Å². The van der Waals surface area contributed by atoms with Gasteiger partial charge in [0.2, 0.25) is 0 Å². The van der Waals surface area contributed by atoms with Crippen LogP contribution in [0.25, 0.3) is 0 Å². The lowest BCUT2D eigenvalue weighted by Crippen LogP contribution is -2.37. The van der Waals surface area contributed by atoms with Crippen LogP contribution in [0.1, 0.15) is 53.9 Å². The van der Waals surface area contributed by atoms with Crippen molar-refractivity contribution < 1.29 is 5.11 Å². The van der Waals surface area contributed by atoms with Crippen LogP contribution >= 0.6 is 0 Å². The van der Waals surface area contributed by atoms with Gasteiger partial charge in [0, 0.05) is 12.6 Å². The average Bonchev–Trinajstić information content (AvgIpc) is 2.03. The van der Waals surface area contributed by atoms with E-state index in [2.05, 4.69) is 33.0 Å². The fourth-order valence-electron chi connectivity index (χ4n) is 1.87. The van der Waals surface area contributed by atoms with Crippen LogP contribution in [-0.2, 0) is 0 Å². The highest BCUT2D eigenvalue weighted by Gasteiger charge is 2.20. The Kier molecular flexibility index (Phi) is 6.38. The van der Waals surface area contributed by atoms with Crippen molar-refractivity contribution in [3.8, 4) is 0 Å². The molecule has 0 saturated carbocycles. The quantitative estimate of drug-likeness (QED) is 0.663. The lowest BCUT2D eigenvalue weighted by atomic mass is 9.86. The largest absolute Gasteiger partial charge is 0.393 e. The molecule has 1 unspecified atom stereocenters. The van der Waals surface area contributed by atoms with Crippen LogP contribution in [0.15, 0.2) is 0 Å². The monoisotopic (exact) mass is 201 g/mol. The Morgan fingerprint density at radius 1 is 1.21 bits per heavy atom. The molecule has 0 bridgehead atoms. The second-order valence-corrected chi connectivity index (χ2v) is 5.11. The maximum Gasteiger partial charge on any atom is 0.0517 e. The van der Waals surface area contributed by atoms with Gasteiger partial charge in [-0.3, -0.25) is 0 Å². The molecule has 2 nitrogen and oxygen atoms in total. The van der Waals surface area contributed by atoms with Crippen molar-refractivity contribution in [2.24, 2.45) is 5.41 Å². The standard InChI is InChI=1S/C12H27NO/c1-6-11(7-2)13-9-12(4,5)8-10(3)14/h10-11,13-14H,6-9H2,1-5H3. The Morgan fingerprint density at radius 3 is 2.07 bits per heavy atom. The molecule has 0 aliphatic carbocycles. The van der Waals surface area contributed by atoms with Gasteiger partial charge in [-0.2, -0.15) is 0 Å². The molecule has 0 fully saturated rings. The van der Waals surface area contributed by atoms with Gasteiger partial charge in [0.1, 0.15) is 0 Å². The molecule has 2 heteroatoms. The molecule has 0 amide bonds. The van der Waals surface area contributed by atoms with E-state index in [0.29, 0.717) is 6.04 Å². The summed E-state index contributed by atoms with van der Waals surface area (Å²) in [5, 5.41) is 12.9. The molecular weight excluding hydrogens is 174 g/mol. The van der Waals surface area contributed by atoms with Gasteiger partial charge in [0.25, 0.3) is 0 Å². The molecule has 2 N–H and O–H groups in total. The zero-order valence-corrected chi connectivity index (χ0v) is 10.4. The smallest absolute Gasteiger partial charge is 0.0517 e. The number of aliphatic hydroxyl groups excluding tert-OH is 1. The summed E-state index contributed by atoms with van der Waals surface area (Å²) in [6, 6.07) is 0.628. The van der Waals surface area contributed by atoms with E-state index >= 15 is 0 Å². The lowest BCUT2D eigenvalue weighted by Gasteiger charge is -2.28. The number of hydrogen-bond donors (Lipinski definition) is 2. The van der Waals surface area contributed by atoms with Crippen molar-refractivity contribution >= 4 is 0 Å². The van der Waals surface area contributed by atoms with Crippen LogP contribution in [0.4, 0.5) is 0 Å². The molecule has 0 aromatic rings. The molecule has 0 aromatic carbocycles. The highest BCUT2D eigenvalue weighted by molar-refractivity contribution is 4.76. The minimum Gasteiger partial charge on any atom is -0.393 e. The van der Waals surface area contributed by atoms with Gasteiger partial charge in [-0.15, -0.1) is 0 Å². The lowest BCUT2D eigenvalue weighted by molar-refractivity contribution is 0.126. The van der Waals surface area contributed by atoms with Crippen molar-refractivity contribution in [3.05, 3.63) is 0 Å². The summed E-state index contributed by atoms with van der Waals surface area (Å²) in [5.74, 6) is 0. The van der Waals surface area contributed by atoms with E-state index in [-0.39, 0.29) is 11.5 Å². The molecule has 86 valence electrons. The SMILES string of the molecule is CCC(CC)NCC(C)(C)CC(C)O. The minimum atomic E-state index is -0.200. The van der Waals surface area contributed by atoms with E-state index in [1.165, 1.54) is 12.8 Å². The number of aliphatic hydroxyl groups is 1. The normalized spacial score (nSPS) is 14.8. The highest BCUT2D eigenvalue weighted by Crippen LogP contribution is 2.21. The van der Waals surface area contributed by atoms with E-state index < -0.39 is 0 Å². The van der Waals surface area contributed by atoms with Gasteiger partial charge in [-0.05, 0) is 31.6 Å². The zero-order valence-electron chi connectivity index (χ0n) is 10.4. The van der Waals surface area contributed by atoms with Crippen molar-refractivity contribution in [3.63, 3.8) is 0 Å². The van der Waals surface area contributed by atoms with Crippen molar-refractivity contribution in [2.45, 2.75) is 66.0 Å². The Hall–Kier alpha value is -0.0800. The summed E-state index contributed by atoms with van der Waals surface area (Å²) in [5.41, 5.74) is 0.191. The first kappa shape index (κ1) is 13.9. The second kappa shape index (κ2) is 6.41. The summed E-state index contributed by atoms with van der Waals surface area (Å²) in [4.78, 5) is 0. The third-order valence-electron chi connectivity index (χ3n) is 2.70. The predicted molar refractivity (Wildman–Crippen MR) is 62.5 cm³/mol. The van der Waals surface area contributed by atoms with Gasteiger partial charge in [-0.25, -0.2) is 0 Å². The summed E-state index contributed by atoms with van der Waals surface area (Å²) in [7, 11) is 0. The molecular formula is C12H27NO. The Labute approximate surface area is 89.1 Å². The summed E-state index contributed by atoms with van der Waals surface area (Å²) in [6.45, 7) is 11.7. The van der Waals surface area contributed by atoms with Gasteiger partial charge >= 0.3 is 0 Å². The number of nitrogens with one attached hydrogen (secondary N) is 1. The van der Waals surface area contributed by atoms with Crippen LogP contribution in [0.3, 0.4) is 0 Å². The first-order valence-corrected chi connectivity index (χ1v) is 5.82. The highest BCUT2D eigenvalue weighted by atomic mass is 16.3. The fraction of sp³-hybridized carbons (Fsp3) is 1.00. The molecule has 0 spiro atoms. The molecule has 0 heterocycles. The first-order valence-electron chi connectivity index (χ1n) is 5.82. The molecule has 0 radical (unpaired) electrons. The number of hydrogen-bond acceptors (Lipinski definition) is 2. The first-order chi connectivity index (χ1) is 6.41. The topological polar surface area (TPSA) is 32.3 Å². The molecule has 0 aliphatic rings. The average molecular weight is 201 g/mol. The van der Waals surface area contributed by atoms with Gasteiger partial charge in [0.05, 0.1) is 6.10 Å². The Bertz CT molecular complexity index is 139. The van der Waals surface area contributed by atoms with Crippen LogP contribution in [0.2, 0.25) is 0 Å². The van der Waals surface area contributed by atoms with Crippen LogP contribution in [0, 0.1) is 5.41 Å². The van der Waals surface area contributed by atoms with Crippen molar-refractivity contribution in [1.29, 1.82) is 0 Å². The molecule has 0 aromatic heterocycles. The molecule has 14 heavy (non-hydrogen) atoms. The van der Waals surface area contributed by atoms with Crippen LogP contribution in [0.5, 0.6) is 0 Å². The molecule has 0 rings (SSSR count). The van der Waals surface area contributed by atoms with E-state index in [1.807, 2.05) is 6.92 Å². The molecule has 0 saturated heterocycles. The van der Waals surface area contributed by atoms with E-state index in [4.69, 9.17) is 0 Å².